The molecule has 0 spiro atoms. The summed E-state index contributed by atoms with van der Waals surface area (Å²) in [6.07, 6.45) is 0. The highest BCUT2D eigenvalue weighted by Gasteiger charge is 2.11. The molecule has 3 nitrogen and oxygen atoms in total. The van der Waals surface area contributed by atoms with Gasteiger partial charge < -0.3 is 16.8 Å². The third-order valence-corrected chi connectivity index (χ3v) is 3.94. The lowest BCUT2D eigenvalue weighted by atomic mass is 10.0. The van der Waals surface area contributed by atoms with Gasteiger partial charge in [0.1, 0.15) is 0 Å². The van der Waals surface area contributed by atoms with E-state index >= 15 is 0 Å². The molecule has 0 radical (unpaired) electrons. The first kappa shape index (κ1) is 16.7. The lowest BCUT2D eigenvalue weighted by Gasteiger charge is -2.18. The van der Waals surface area contributed by atoms with Gasteiger partial charge in [-0.1, -0.05) is 23.2 Å². The largest absolute Gasteiger partial charge is 0.398 e. The van der Waals surface area contributed by atoms with Crippen LogP contribution in [0.15, 0.2) is 42.0 Å². The maximum atomic E-state index is 6.11. The molecule has 5 heteroatoms. The van der Waals surface area contributed by atoms with Gasteiger partial charge in [-0.05, 0) is 61.4 Å². The van der Waals surface area contributed by atoms with E-state index in [2.05, 4.69) is 5.32 Å². The summed E-state index contributed by atoms with van der Waals surface area (Å²) in [6, 6.07) is 11.1. The van der Waals surface area contributed by atoms with Crippen molar-refractivity contribution in [3.63, 3.8) is 0 Å². The fourth-order valence-corrected chi connectivity index (χ4v) is 2.55. The Hall–Kier alpha value is -1.68. The van der Waals surface area contributed by atoms with Gasteiger partial charge in [0.05, 0.1) is 0 Å². The van der Waals surface area contributed by atoms with E-state index in [9.17, 15) is 0 Å². The number of aryl methyl sites for hydroxylation is 1. The molecule has 2 aromatic rings. The van der Waals surface area contributed by atoms with E-state index in [1.165, 1.54) is 0 Å². The molecule has 0 unspecified atom stereocenters. The van der Waals surface area contributed by atoms with E-state index in [0.29, 0.717) is 22.3 Å². The van der Waals surface area contributed by atoms with Gasteiger partial charge >= 0.3 is 0 Å². The van der Waals surface area contributed by atoms with Crippen LogP contribution in [0.2, 0.25) is 10.0 Å². The quantitative estimate of drug-likeness (QED) is 0.710. The number of nitrogens with two attached hydrogens (primary N) is 2. The van der Waals surface area contributed by atoms with Crippen LogP contribution in [0.25, 0.3) is 5.70 Å². The first-order valence-corrected chi connectivity index (χ1v) is 7.66. The molecule has 2 rings (SSSR count). The second kappa shape index (κ2) is 7.05. The van der Waals surface area contributed by atoms with Crippen molar-refractivity contribution in [3.8, 4) is 0 Å². The Kier molecular flexibility index (Phi) is 5.35. The number of nitrogens with one attached hydrogen (secondary N) is 1. The van der Waals surface area contributed by atoms with Gasteiger partial charge in [-0.3, -0.25) is 0 Å². The molecule has 0 atom stereocenters. The first-order chi connectivity index (χ1) is 10.4. The van der Waals surface area contributed by atoms with Crippen molar-refractivity contribution in [3.05, 3.63) is 63.1 Å². The molecule has 0 heterocycles. The second-order valence-electron chi connectivity index (χ2n) is 5.18. The molecule has 0 aliphatic carbocycles. The number of hydrogen-bond acceptors (Lipinski definition) is 3. The Morgan fingerprint density at radius 3 is 2.36 bits per heavy atom. The molecule has 5 N–H and O–H groups in total. The monoisotopic (exact) mass is 335 g/mol. The Morgan fingerprint density at radius 1 is 1.09 bits per heavy atom. The van der Waals surface area contributed by atoms with Crippen molar-refractivity contribution in [2.24, 2.45) is 5.73 Å². The summed E-state index contributed by atoms with van der Waals surface area (Å²) in [5, 5.41) is 4.74. The molecule has 0 bridgehead atoms. The van der Waals surface area contributed by atoms with Gasteiger partial charge in [0.25, 0.3) is 0 Å². The van der Waals surface area contributed by atoms with Crippen molar-refractivity contribution in [2.45, 2.75) is 13.8 Å². The molecule has 0 aliphatic heterocycles. The topological polar surface area (TPSA) is 64.1 Å². The Labute approximate surface area is 140 Å². The molecule has 116 valence electrons. The maximum Gasteiger partial charge on any atom is 0.0481 e. The van der Waals surface area contributed by atoms with E-state index in [-0.39, 0.29) is 0 Å². The molecule has 22 heavy (non-hydrogen) atoms. The van der Waals surface area contributed by atoms with Crippen LogP contribution in [-0.2, 0) is 0 Å². The SMILES string of the molecule is C/C(CN)=C(/Nc1ccc(Cl)cc1C)c1cc(Cl)ccc1N. The highest BCUT2D eigenvalue weighted by Crippen LogP contribution is 2.30. The normalized spacial score (nSPS) is 12.0. The standard InChI is InChI=1S/C17H19Cl2N3/c1-10-7-12(18)4-6-16(10)22-17(11(2)9-20)14-8-13(19)3-5-15(14)21/h3-8,22H,9,20-21H2,1-2H3/b17-11-. The zero-order valence-corrected chi connectivity index (χ0v) is 14.1. The molecule has 0 amide bonds. The van der Waals surface area contributed by atoms with Gasteiger partial charge in [0.15, 0.2) is 0 Å². The van der Waals surface area contributed by atoms with E-state index in [1.54, 1.807) is 12.1 Å². The molecule has 0 saturated heterocycles. The summed E-state index contributed by atoms with van der Waals surface area (Å²) in [4.78, 5) is 0. The summed E-state index contributed by atoms with van der Waals surface area (Å²) < 4.78 is 0. The fourth-order valence-electron chi connectivity index (χ4n) is 2.15. The average Bonchev–Trinajstić information content (AvgIpc) is 2.48. The zero-order chi connectivity index (χ0) is 16.3. The molecular weight excluding hydrogens is 317 g/mol. The average molecular weight is 336 g/mol. The van der Waals surface area contributed by atoms with Crippen LogP contribution in [0.1, 0.15) is 18.1 Å². The van der Waals surface area contributed by atoms with Gasteiger partial charge in [-0.15, -0.1) is 0 Å². The van der Waals surface area contributed by atoms with Crippen molar-refractivity contribution >= 4 is 40.3 Å². The summed E-state index contributed by atoms with van der Waals surface area (Å²) >= 11 is 12.1. The summed E-state index contributed by atoms with van der Waals surface area (Å²) in [5.41, 5.74) is 17.3. The van der Waals surface area contributed by atoms with Crippen LogP contribution in [0.3, 0.4) is 0 Å². The molecule has 0 aliphatic rings. The Balaban J connectivity index is 2.51. The van der Waals surface area contributed by atoms with Crippen molar-refractivity contribution in [1.29, 1.82) is 0 Å². The molecule has 0 fully saturated rings. The zero-order valence-electron chi connectivity index (χ0n) is 12.6. The van der Waals surface area contributed by atoms with E-state index in [1.807, 2.05) is 38.1 Å². The summed E-state index contributed by atoms with van der Waals surface area (Å²) in [7, 11) is 0. The molecule has 2 aromatic carbocycles. The van der Waals surface area contributed by atoms with Crippen molar-refractivity contribution in [2.75, 3.05) is 17.6 Å². The van der Waals surface area contributed by atoms with Crippen LogP contribution < -0.4 is 16.8 Å². The predicted octanol–water partition coefficient (Wildman–Crippen LogP) is 4.69. The van der Waals surface area contributed by atoms with Crippen LogP contribution in [0.5, 0.6) is 0 Å². The second-order valence-corrected chi connectivity index (χ2v) is 6.05. The highest BCUT2D eigenvalue weighted by molar-refractivity contribution is 6.31. The predicted molar refractivity (Wildman–Crippen MR) is 97.3 cm³/mol. The smallest absolute Gasteiger partial charge is 0.0481 e. The van der Waals surface area contributed by atoms with Gasteiger partial charge in [-0.25, -0.2) is 0 Å². The minimum absolute atomic E-state index is 0.418. The minimum atomic E-state index is 0.418. The van der Waals surface area contributed by atoms with Crippen LogP contribution in [-0.4, -0.2) is 6.54 Å². The van der Waals surface area contributed by atoms with Crippen LogP contribution in [0, 0.1) is 6.92 Å². The Morgan fingerprint density at radius 2 is 1.73 bits per heavy atom. The minimum Gasteiger partial charge on any atom is -0.398 e. The van der Waals surface area contributed by atoms with Gasteiger partial charge in [-0.2, -0.15) is 0 Å². The Bertz CT molecular complexity index is 724. The number of nitrogen functional groups attached to an aromatic ring is 1. The third-order valence-electron chi connectivity index (χ3n) is 3.47. The first-order valence-electron chi connectivity index (χ1n) is 6.90. The van der Waals surface area contributed by atoms with Crippen molar-refractivity contribution < 1.29 is 0 Å². The number of benzene rings is 2. The lowest BCUT2D eigenvalue weighted by molar-refractivity contribution is 1.14. The lowest BCUT2D eigenvalue weighted by Crippen LogP contribution is -2.10. The highest BCUT2D eigenvalue weighted by atomic mass is 35.5. The summed E-state index contributed by atoms with van der Waals surface area (Å²) in [5.74, 6) is 0. The van der Waals surface area contributed by atoms with E-state index in [0.717, 1.165) is 28.1 Å². The number of halogens is 2. The number of hydrogen-bond donors (Lipinski definition) is 3. The van der Waals surface area contributed by atoms with Crippen molar-refractivity contribution in [1.82, 2.24) is 0 Å². The number of anilines is 2. The van der Waals surface area contributed by atoms with Crippen LogP contribution in [0.4, 0.5) is 11.4 Å². The van der Waals surface area contributed by atoms with E-state index in [4.69, 9.17) is 34.7 Å². The van der Waals surface area contributed by atoms with E-state index < -0.39 is 0 Å². The molecule has 0 saturated carbocycles. The fraction of sp³-hybridized carbons (Fsp3) is 0.176. The number of rotatable bonds is 4. The van der Waals surface area contributed by atoms with Gasteiger partial charge in [0, 0.05) is 39.2 Å². The third kappa shape index (κ3) is 3.74. The van der Waals surface area contributed by atoms with Gasteiger partial charge in [0.2, 0.25) is 0 Å². The maximum absolute atomic E-state index is 6.11. The summed E-state index contributed by atoms with van der Waals surface area (Å²) in [6.45, 7) is 4.37. The molecular formula is C17H19Cl2N3. The van der Waals surface area contributed by atoms with Crippen LogP contribution >= 0.6 is 23.2 Å². The molecule has 0 aromatic heterocycles.